The van der Waals surface area contributed by atoms with Crippen molar-refractivity contribution in [1.29, 1.82) is 0 Å². The Bertz CT molecular complexity index is 596. The average molecular weight is 334 g/mol. The van der Waals surface area contributed by atoms with Gasteiger partial charge in [0, 0.05) is 11.6 Å². The highest BCUT2D eigenvalue weighted by Gasteiger charge is 2.14. The summed E-state index contributed by atoms with van der Waals surface area (Å²) in [5, 5.41) is 0. The molecule has 2 rings (SSSR count). The molecule has 1 heterocycles. The first-order valence-electron chi connectivity index (χ1n) is 6.15. The van der Waals surface area contributed by atoms with Crippen molar-refractivity contribution in [2.75, 3.05) is 6.61 Å². The van der Waals surface area contributed by atoms with Gasteiger partial charge >= 0.3 is 5.97 Å². The lowest BCUT2D eigenvalue weighted by Gasteiger charge is -2.03. The van der Waals surface area contributed by atoms with E-state index in [0.29, 0.717) is 12.2 Å². The van der Waals surface area contributed by atoms with E-state index in [1.807, 2.05) is 41.1 Å². The molecule has 0 bridgehead atoms. The van der Waals surface area contributed by atoms with Crippen molar-refractivity contribution in [2.24, 2.45) is 0 Å². The highest BCUT2D eigenvalue weighted by molar-refractivity contribution is 5.88. The molecule has 1 aromatic heterocycles. The van der Waals surface area contributed by atoms with Crippen LogP contribution in [0.25, 0.3) is 5.70 Å². The minimum Gasteiger partial charge on any atom is -1.00 e. The topological polar surface area (TPSA) is 30.2 Å². The van der Waals surface area contributed by atoms with Crippen LogP contribution in [0.4, 0.5) is 0 Å². The molecule has 0 atom stereocenters. The third kappa shape index (κ3) is 3.78. The van der Waals surface area contributed by atoms with Gasteiger partial charge in [-0.1, -0.05) is 18.2 Å². The van der Waals surface area contributed by atoms with E-state index in [9.17, 15) is 4.79 Å². The minimum absolute atomic E-state index is 0. The summed E-state index contributed by atoms with van der Waals surface area (Å²) in [7, 11) is 0. The van der Waals surface area contributed by atoms with Crippen LogP contribution in [0.5, 0.6) is 0 Å². The Hall–Kier alpha value is -1.94. The monoisotopic (exact) mass is 333 g/mol. The second kappa shape index (κ2) is 7.60. The van der Waals surface area contributed by atoms with Crippen LogP contribution in [0.1, 0.15) is 22.8 Å². The Morgan fingerprint density at radius 2 is 1.80 bits per heavy atom. The lowest BCUT2D eigenvalue weighted by atomic mass is 10.1. The normalized spacial score (nSPS) is 9.45. The molecular formula is C16H16BrNO2. The summed E-state index contributed by atoms with van der Waals surface area (Å²) >= 11 is 0. The summed E-state index contributed by atoms with van der Waals surface area (Å²) in [4.78, 5) is 11.7. The van der Waals surface area contributed by atoms with Gasteiger partial charge in [0.2, 0.25) is 5.70 Å². The van der Waals surface area contributed by atoms with E-state index in [0.717, 1.165) is 11.3 Å². The zero-order valence-corrected chi connectivity index (χ0v) is 12.8. The van der Waals surface area contributed by atoms with Gasteiger partial charge in [-0.15, -0.1) is 0 Å². The Morgan fingerprint density at radius 3 is 2.45 bits per heavy atom. The number of rotatable bonds is 4. The van der Waals surface area contributed by atoms with Gasteiger partial charge in [-0.2, -0.15) is 4.57 Å². The molecule has 0 unspecified atom stereocenters. The van der Waals surface area contributed by atoms with Crippen LogP contribution >= 0.6 is 0 Å². The van der Waals surface area contributed by atoms with E-state index >= 15 is 0 Å². The van der Waals surface area contributed by atoms with Crippen LogP contribution in [-0.4, -0.2) is 12.6 Å². The fraction of sp³-hybridized carbons (Fsp3) is 0.125. The Balaban J connectivity index is 0.00000200. The number of carbonyl (C=O) groups excluding carboxylic acids is 1. The van der Waals surface area contributed by atoms with Gasteiger partial charge in [0.1, 0.15) is 5.56 Å². The standard InChI is InChI=1S/C16H16NO2.BrH/c1-3-19-16(18)15-10-7-11-17(12-15)13(2)14-8-5-4-6-9-14;/h4-12H,2-3H2,1H3;1H/q+1;/p-1. The van der Waals surface area contributed by atoms with E-state index in [-0.39, 0.29) is 23.0 Å². The van der Waals surface area contributed by atoms with Crippen molar-refractivity contribution >= 4 is 11.7 Å². The van der Waals surface area contributed by atoms with E-state index < -0.39 is 0 Å². The van der Waals surface area contributed by atoms with Crippen molar-refractivity contribution in [3.05, 3.63) is 72.6 Å². The molecule has 3 nitrogen and oxygen atoms in total. The third-order valence-corrected chi connectivity index (χ3v) is 2.73. The fourth-order valence-electron chi connectivity index (χ4n) is 1.76. The van der Waals surface area contributed by atoms with Crippen molar-refractivity contribution in [3.8, 4) is 0 Å². The van der Waals surface area contributed by atoms with Crippen molar-refractivity contribution in [2.45, 2.75) is 6.92 Å². The van der Waals surface area contributed by atoms with E-state index in [4.69, 9.17) is 4.74 Å². The van der Waals surface area contributed by atoms with Gasteiger partial charge in [-0.05, 0) is 31.7 Å². The lowest BCUT2D eigenvalue weighted by molar-refractivity contribution is -0.578. The SMILES string of the molecule is C=C(c1ccccc1)[n+]1cccc(C(=O)OCC)c1.[Br-]. The number of hydrogen-bond acceptors (Lipinski definition) is 2. The number of carbonyl (C=O) groups is 1. The predicted molar refractivity (Wildman–Crippen MR) is 73.5 cm³/mol. The zero-order valence-electron chi connectivity index (χ0n) is 11.3. The number of esters is 1. The predicted octanol–water partition coefficient (Wildman–Crippen LogP) is -0.326. The Morgan fingerprint density at radius 1 is 1.15 bits per heavy atom. The molecule has 1 aromatic carbocycles. The molecule has 0 saturated carbocycles. The minimum atomic E-state index is -0.322. The maximum atomic E-state index is 11.7. The van der Waals surface area contributed by atoms with Crippen LogP contribution < -0.4 is 21.5 Å². The molecule has 0 amide bonds. The van der Waals surface area contributed by atoms with Crippen LogP contribution in [0.3, 0.4) is 0 Å². The lowest BCUT2D eigenvalue weighted by Crippen LogP contribution is -3.00. The van der Waals surface area contributed by atoms with Gasteiger partial charge in [0.05, 0.1) is 6.61 Å². The third-order valence-electron chi connectivity index (χ3n) is 2.73. The molecule has 0 aliphatic heterocycles. The molecule has 0 aliphatic rings. The van der Waals surface area contributed by atoms with Crippen molar-refractivity contribution < 1.29 is 31.1 Å². The van der Waals surface area contributed by atoms with E-state index in [2.05, 4.69) is 6.58 Å². The summed E-state index contributed by atoms with van der Waals surface area (Å²) in [6.07, 6.45) is 3.59. The molecule has 2 aromatic rings. The first-order chi connectivity index (χ1) is 9.22. The summed E-state index contributed by atoms with van der Waals surface area (Å²) in [6.45, 7) is 6.21. The number of nitrogens with zero attached hydrogens (tertiary/aromatic N) is 1. The second-order valence-electron chi connectivity index (χ2n) is 4.03. The molecular weight excluding hydrogens is 318 g/mol. The smallest absolute Gasteiger partial charge is 0.344 e. The summed E-state index contributed by atoms with van der Waals surface area (Å²) in [6, 6.07) is 13.4. The number of halogens is 1. The number of ether oxygens (including phenoxy) is 1. The number of pyridine rings is 1. The zero-order chi connectivity index (χ0) is 13.7. The Kier molecular flexibility index (Phi) is 6.12. The molecule has 0 saturated heterocycles. The van der Waals surface area contributed by atoms with Gasteiger partial charge in [0.15, 0.2) is 12.4 Å². The van der Waals surface area contributed by atoms with Crippen LogP contribution in [0, 0.1) is 0 Å². The molecule has 20 heavy (non-hydrogen) atoms. The van der Waals surface area contributed by atoms with Crippen LogP contribution in [-0.2, 0) is 4.74 Å². The first-order valence-corrected chi connectivity index (χ1v) is 6.15. The van der Waals surface area contributed by atoms with Gasteiger partial charge in [0.25, 0.3) is 0 Å². The van der Waals surface area contributed by atoms with E-state index in [1.54, 1.807) is 25.3 Å². The van der Waals surface area contributed by atoms with Crippen molar-refractivity contribution in [1.82, 2.24) is 0 Å². The number of hydrogen-bond donors (Lipinski definition) is 0. The molecule has 0 fully saturated rings. The molecule has 0 radical (unpaired) electrons. The van der Waals surface area contributed by atoms with Crippen LogP contribution in [0.2, 0.25) is 0 Å². The van der Waals surface area contributed by atoms with E-state index in [1.165, 1.54) is 0 Å². The number of aromatic nitrogens is 1. The highest BCUT2D eigenvalue weighted by atomic mass is 79.9. The highest BCUT2D eigenvalue weighted by Crippen LogP contribution is 2.08. The molecule has 0 N–H and O–H groups in total. The number of benzene rings is 1. The molecule has 0 aliphatic carbocycles. The quantitative estimate of drug-likeness (QED) is 0.566. The largest absolute Gasteiger partial charge is 1.00 e. The summed E-state index contributed by atoms with van der Waals surface area (Å²) in [5.41, 5.74) is 2.33. The fourth-order valence-corrected chi connectivity index (χ4v) is 1.76. The first kappa shape index (κ1) is 16.1. The molecule has 104 valence electrons. The average Bonchev–Trinajstić information content (AvgIpc) is 2.48. The summed E-state index contributed by atoms with van der Waals surface area (Å²) in [5.74, 6) is -0.322. The van der Waals surface area contributed by atoms with Gasteiger partial charge in [-0.3, -0.25) is 0 Å². The van der Waals surface area contributed by atoms with Crippen LogP contribution in [0.15, 0.2) is 61.4 Å². The van der Waals surface area contributed by atoms with Crippen molar-refractivity contribution in [3.63, 3.8) is 0 Å². The van der Waals surface area contributed by atoms with Gasteiger partial charge < -0.3 is 21.7 Å². The maximum absolute atomic E-state index is 11.7. The molecule has 4 heteroatoms. The summed E-state index contributed by atoms with van der Waals surface area (Å²) < 4.78 is 6.81. The maximum Gasteiger partial charge on any atom is 0.344 e. The van der Waals surface area contributed by atoms with Gasteiger partial charge in [-0.25, -0.2) is 4.79 Å². The second-order valence-corrected chi connectivity index (χ2v) is 4.03. The Labute approximate surface area is 129 Å². The molecule has 0 spiro atoms.